The predicted octanol–water partition coefficient (Wildman–Crippen LogP) is 1.70. The van der Waals surface area contributed by atoms with Gasteiger partial charge in [0.25, 0.3) is 0 Å². The van der Waals surface area contributed by atoms with E-state index in [1.165, 1.54) is 5.69 Å². The highest BCUT2D eigenvalue weighted by molar-refractivity contribution is 5.47. The van der Waals surface area contributed by atoms with Crippen molar-refractivity contribution >= 4 is 5.69 Å². The maximum Gasteiger partial charge on any atom is 0.162 e. The third-order valence-electron chi connectivity index (χ3n) is 2.61. The first-order chi connectivity index (χ1) is 6.60. The molecular weight excluding hydrogens is 176 g/mol. The number of aromatic hydroxyl groups is 1. The number of phenols is 1. The Labute approximate surface area is 84.1 Å². The smallest absolute Gasteiger partial charge is 0.162 e. The first-order valence-corrected chi connectivity index (χ1v) is 4.65. The monoisotopic (exact) mass is 191 g/mol. The molecule has 1 unspecified atom stereocenters. The highest BCUT2D eigenvalue weighted by Gasteiger charge is 2.27. The normalized spacial score (nSPS) is 25.7. The fraction of sp³-hybridized carbons (Fsp3) is 0.273. The van der Waals surface area contributed by atoms with E-state index in [4.69, 9.17) is 0 Å². The van der Waals surface area contributed by atoms with Crippen molar-refractivity contribution in [2.45, 2.75) is 0 Å². The van der Waals surface area contributed by atoms with Crippen molar-refractivity contribution in [1.82, 2.24) is 9.38 Å². The lowest BCUT2D eigenvalue weighted by atomic mass is 10.2. The predicted molar refractivity (Wildman–Crippen MR) is 57.6 cm³/mol. The van der Waals surface area contributed by atoms with Crippen molar-refractivity contribution in [1.29, 1.82) is 0 Å². The summed E-state index contributed by atoms with van der Waals surface area (Å²) < 4.78 is 0.761. The molecule has 1 aromatic rings. The summed E-state index contributed by atoms with van der Waals surface area (Å²) in [7, 11) is 4.20. The molecule has 1 aromatic carbocycles. The number of hydrogen-bond donors (Lipinski definition) is 1. The molecule has 1 atom stereocenters. The minimum atomic E-state index is 0.317. The second-order valence-corrected chi connectivity index (χ2v) is 3.98. The van der Waals surface area contributed by atoms with Crippen LogP contribution in [-0.2, 0) is 0 Å². The van der Waals surface area contributed by atoms with Crippen molar-refractivity contribution in [2.75, 3.05) is 20.8 Å². The molecule has 0 saturated heterocycles. The fourth-order valence-corrected chi connectivity index (χ4v) is 1.78. The zero-order chi connectivity index (χ0) is 10.2. The summed E-state index contributed by atoms with van der Waals surface area (Å²) in [5.74, 6) is 0.317. The average Bonchev–Trinajstić information content (AvgIpc) is 2.48. The first kappa shape index (κ1) is 9.09. The Morgan fingerprint density at radius 2 is 1.93 bits per heavy atom. The molecule has 0 aliphatic carbocycles. The van der Waals surface area contributed by atoms with Crippen LogP contribution >= 0.6 is 0 Å². The van der Waals surface area contributed by atoms with E-state index in [2.05, 4.69) is 31.4 Å². The van der Waals surface area contributed by atoms with Crippen LogP contribution in [0, 0.1) is 0 Å². The molecule has 0 aromatic heterocycles. The second-order valence-electron chi connectivity index (χ2n) is 3.98. The summed E-state index contributed by atoms with van der Waals surface area (Å²) in [5.41, 5.74) is 1.18. The van der Waals surface area contributed by atoms with E-state index in [9.17, 15) is 5.11 Å². The number of quaternary nitrogens is 1. The van der Waals surface area contributed by atoms with E-state index in [0.29, 0.717) is 5.75 Å². The topological polar surface area (TPSA) is 23.5 Å². The summed E-state index contributed by atoms with van der Waals surface area (Å²) in [4.78, 5) is 2.15. The van der Waals surface area contributed by atoms with Crippen LogP contribution in [0.2, 0.25) is 0 Å². The van der Waals surface area contributed by atoms with Crippen LogP contribution in [0.15, 0.2) is 36.7 Å². The fourth-order valence-electron chi connectivity index (χ4n) is 1.78. The maximum atomic E-state index is 9.20. The molecule has 1 aliphatic heterocycles. The van der Waals surface area contributed by atoms with Gasteiger partial charge in [0.1, 0.15) is 17.6 Å². The van der Waals surface area contributed by atoms with Crippen molar-refractivity contribution in [3.05, 3.63) is 36.7 Å². The van der Waals surface area contributed by atoms with E-state index >= 15 is 0 Å². The standard InChI is InChI=1S/C11H14N2O/c1-12-7-8-13(2,9-12)10-3-5-11(14)6-4-10/h3-8H,9H2,1-2H3/p+1. The van der Waals surface area contributed by atoms with E-state index in [0.717, 1.165) is 11.2 Å². The lowest BCUT2D eigenvalue weighted by molar-refractivity contribution is 0.335. The van der Waals surface area contributed by atoms with Crippen molar-refractivity contribution in [2.24, 2.45) is 0 Å². The molecule has 0 spiro atoms. The Morgan fingerprint density at radius 1 is 1.29 bits per heavy atom. The van der Waals surface area contributed by atoms with Gasteiger partial charge >= 0.3 is 0 Å². The van der Waals surface area contributed by atoms with Gasteiger partial charge in [0.2, 0.25) is 0 Å². The molecule has 3 heteroatoms. The SMILES string of the molecule is CN1C=C[N+](C)(c2ccc(O)cc2)C1. The van der Waals surface area contributed by atoms with Gasteiger partial charge in [0, 0.05) is 19.2 Å². The largest absolute Gasteiger partial charge is 0.508 e. The molecule has 0 radical (unpaired) electrons. The zero-order valence-corrected chi connectivity index (χ0v) is 8.51. The highest BCUT2D eigenvalue weighted by Crippen LogP contribution is 2.27. The average molecular weight is 191 g/mol. The maximum absolute atomic E-state index is 9.20. The Morgan fingerprint density at radius 3 is 2.43 bits per heavy atom. The van der Waals surface area contributed by atoms with E-state index in [-0.39, 0.29) is 0 Å². The van der Waals surface area contributed by atoms with Gasteiger partial charge in [0.15, 0.2) is 6.67 Å². The molecule has 74 valence electrons. The van der Waals surface area contributed by atoms with Crippen molar-refractivity contribution in [3.63, 3.8) is 0 Å². The Bertz CT molecular complexity index is 358. The van der Waals surface area contributed by atoms with Gasteiger partial charge in [-0.2, -0.15) is 0 Å². The Kier molecular flexibility index (Phi) is 1.97. The van der Waals surface area contributed by atoms with E-state index in [1.807, 2.05) is 12.1 Å². The van der Waals surface area contributed by atoms with Crippen LogP contribution < -0.4 is 4.48 Å². The van der Waals surface area contributed by atoms with Gasteiger partial charge in [-0.05, 0) is 12.1 Å². The molecule has 1 heterocycles. The zero-order valence-electron chi connectivity index (χ0n) is 8.51. The Hall–Kier alpha value is -1.48. The van der Waals surface area contributed by atoms with Crippen molar-refractivity contribution in [3.8, 4) is 5.75 Å². The molecule has 0 saturated carbocycles. The van der Waals surface area contributed by atoms with Crippen LogP contribution in [0.4, 0.5) is 5.69 Å². The molecule has 1 N–H and O–H groups in total. The van der Waals surface area contributed by atoms with Crippen LogP contribution in [-0.4, -0.2) is 30.8 Å². The highest BCUT2D eigenvalue weighted by atomic mass is 16.3. The van der Waals surface area contributed by atoms with Crippen LogP contribution in [0.25, 0.3) is 0 Å². The van der Waals surface area contributed by atoms with Gasteiger partial charge < -0.3 is 10.0 Å². The van der Waals surface area contributed by atoms with Gasteiger partial charge in [-0.25, -0.2) is 4.48 Å². The van der Waals surface area contributed by atoms with Crippen LogP contribution in [0.3, 0.4) is 0 Å². The molecule has 0 amide bonds. The summed E-state index contributed by atoms with van der Waals surface area (Å²) in [6.45, 7) is 0.935. The third-order valence-corrected chi connectivity index (χ3v) is 2.61. The summed E-state index contributed by atoms with van der Waals surface area (Å²) in [6.07, 6.45) is 4.22. The molecule has 0 bridgehead atoms. The van der Waals surface area contributed by atoms with Gasteiger partial charge in [0.05, 0.1) is 13.2 Å². The number of hydrogen-bond acceptors (Lipinski definition) is 2. The van der Waals surface area contributed by atoms with Crippen LogP contribution in [0.1, 0.15) is 0 Å². The molecule has 1 aliphatic rings. The number of phenolic OH excluding ortho intramolecular Hbond substituents is 1. The second kappa shape index (κ2) is 3.03. The molecule has 3 nitrogen and oxygen atoms in total. The van der Waals surface area contributed by atoms with Gasteiger partial charge in [-0.3, -0.25) is 0 Å². The first-order valence-electron chi connectivity index (χ1n) is 4.65. The number of rotatable bonds is 1. The summed E-state index contributed by atoms with van der Waals surface area (Å²) >= 11 is 0. The van der Waals surface area contributed by atoms with Gasteiger partial charge in [-0.1, -0.05) is 0 Å². The third kappa shape index (κ3) is 1.46. The van der Waals surface area contributed by atoms with Crippen molar-refractivity contribution < 1.29 is 5.11 Å². The molecule has 0 fully saturated rings. The Balaban J connectivity index is 2.31. The van der Waals surface area contributed by atoms with Gasteiger partial charge in [-0.15, -0.1) is 0 Å². The lowest BCUT2D eigenvalue weighted by Gasteiger charge is -2.26. The number of nitrogens with zero attached hydrogens (tertiary/aromatic N) is 2. The minimum Gasteiger partial charge on any atom is -0.508 e. The van der Waals surface area contributed by atoms with E-state index in [1.54, 1.807) is 12.1 Å². The molecule has 2 rings (SSSR count). The number of benzene rings is 1. The quantitative estimate of drug-likeness (QED) is 0.683. The summed E-state index contributed by atoms with van der Waals surface area (Å²) in [6, 6.07) is 7.37. The molecule has 14 heavy (non-hydrogen) atoms. The van der Waals surface area contributed by atoms with E-state index < -0.39 is 0 Å². The van der Waals surface area contributed by atoms with Crippen LogP contribution in [0.5, 0.6) is 5.75 Å². The lowest BCUT2D eigenvalue weighted by Crippen LogP contribution is -2.40. The summed E-state index contributed by atoms with van der Waals surface area (Å²) in [5, 5.41) is 9.20. The minimum absolute atomic E-state index is 0.317. The molecular formula is C11H15N2O+.